The van der Waals surface area contributed by atoms with Gasteiger partial charge in [-0.15, -0.1) is 23.4 Å². The topological polar surface area (TPSA) is 140 Å². The maximum absolute atomic E-state index is 13.5. The van der Waals surface area contributed by atoms with E-state index in [1.54, 1.807) is 0 Å². The van der Waals surface area contributed by atoms with E-state index in [0.717, 1.165) is 5.69 Å². The summed E-state index contributed by atoms with van der Waals surface area (Å²) in [7, 11) is 0. The van der Waals surface area contributed by atoms with Crippen LogP contribution in [0.15, 0.2) is 53.7 Å². The van der Waals surface area contributed by atoms with Crippen molar-refractivity contribution in [1.82, 2.24) is 44.6 Å². The number of ether oxygens (including phenoxy) is 1. The highest BCUT2D eigenvalue weighted by molar-refractivity contribution is 5.90. The molecule has 0 saturated heterocycles. The summed E-state index contributed by atoms with van der Waals surface area (Å²) in [6, 6.07) is 3.15. The molecule has 0 aliphatic carbocycles. The number of halogens is 3. The number of H-pyrrole nitrogens is 1. The van der Waals surface area contributed by atoms with Gasteiger partial charge in [-0.2, -0.15) is 5.10 Å². The molecule has 6 rings (SSSR count). The van der Waals surface area contributed by atoms with Crippen molar-refractivity contribution in [2.45, 2.75) is 18.8 Å². The average Bonchev–Trinajstić information content (AvgIpc) is 3.62. The van der Waals surface area contributed by atoms with E-state index in [9.17, 15) is 18.0 Å². The van der Waals surface area contributed by atoms with E-state index in [0.29, 0.717) is 17.8 Å². The molecule has 0 fully saturated rings. The predicted molar refractivity (Wildman–Crippen MR) is 112 cm³/mol. The molecule has 182 valence electrons. The van der Waals surface area contributed by atoms with Gasteiger partial charge < -0.3 is 19.0 Å². The summed E-state index contributed by atoms with van der Waals surface area (Å²) in [6.07, 6.45) is 2.88. The minimum Gasteiger partial charge on any atom is -0.411 e. The Morgan fingerprint density at radius 1 is 1.22 bits per heavy atom. The molecule has 6 heterocycles. The van der Waals surface area contributed by atoms with E-state index in [1.165, 1.54) is 58.7 Å². The Morgan fingerprint density at radius 2 is 2.11 bits per heavy atom. The molecule has 0 bridgehead atoms. The molecule has 0 radical (unpaired) electrons. The lowest BCUT2D eigenvalue weighted by molar-refractivity contribution is -0.274. The third-order valence-corrected chi connectivity index (χ3v) is 5.56. The predicted octanol–water partition coefficient (Wildman–Crippen LogP) is 2.58. The summed E-state index contributed by atoms with van der Waals surface area (Å²) < 4.78 is 49.7. The molecule has 5 aromatic heterocycles. The van der Waals surface area contributed by atoms with Gasteiger partial charge in [0.15, 0.2) is 5.75 Å². The zero-order chi connectivity index (χ0) is 24.9. The number of nitrogens with one attached hydrogen (secondary N) is 1. The van der Waals surface area contributed by atoms with Crippen molar-refractivity contribution in [3.05, 3.63) is 72.3 Å². The number of carbonyl (C=O) groups is 1. The van der Waals surface area contributed by atoms with Crippen molar-refractivity contribution >= 4 is 11.4 Å². The largest absolute Gasteiger partial charge is 0.573 e. The molecule has 36 heavy (non-hydrogen) atoms. The third kappa shape index (κ3) is 3.79. The van der Waals surface area contributed by atoms with Crippen molar-refractivity contribution in [2.24, 2.45) is 0 Å². The third-order valence-electron chi connectivity index (χ3n) is 5.56. The fraction of sp³-hybridized carbons (Fsp3) is 0.190. The lowest BCUT2D eigenvalue weighted by Gasteiger charge is -2.32. The Kier molecular flexibility index (Phi) is 4.91. The molecule has 1 aliphatic rings. The van der Waals surface area contributed by atoms with Crippen LogP contribution >= 0.6 is 0 Å². The molecule has 0 spiro atoms. The SMILES string of the molecule is O=C(c1nnc(-c2cnccn2)o1)N1CCc2[nH]cnc2[C@H]1c1cc2c(OC(F)(F)F)cccn2n1. The summed E-state index contributed by atoms with van der Waals surface area (Å²) in [4.78, 5) is 30.3. The fourth-order valence-corrected chi connectivity index (χ4v) is 4.09. The number of carbonyl (C=O) groups excluding carboxylic acids is 1. The number of aromatic nitrogens is 8. The van der Waals surface area contributed by atoms with Crippen LogP contribution in [-0.2, 0) is 6.42 Å². The van der Waals surface area contributed by atoms with Crippen molar-refractivity contribution in [3.8, 4) is 17.3 Å². The molecule has 0 saturated carbocycles. The first kappa shape index (κ1) is 21.7. The van der Waals surface area contributed by atoms with Crippen LogP contribution in [0.25, 0.3) is 17.1 Å². The average molecular weight is 497 g/mol. The van der Waals surface area contributed by atoms with Gasteiger partial charge in [0, 0.05) is 37.3 Å². The maximum Gasteiger partial charge on any atom is 0.573 e. The Hall–Kier alpha value is -4.82. The first-order valence-corrected chi connectivity index (χ1v) is 10.5. The normalized spacial score (nSPS) is 15.8. The zero-order valence-electron chi connectivity index (χ0n) is 18.0. The number of imidazole rings is 1. The van der Waals surface area contributed by atoms with Crippen molar-refractivity contribution in [3.63, 3.8) is 0 Å². The Labute approximate surface area is 198 Å². The number of pyridine rings is 1. The van der Waals surface area contributed by atoms with E-state index >= 15 is 0 Å². The smallest absolute Gasteiger partial charge is 0.411 e. The minimum absolute atomic E-state index is 0.0159. The van der Waals surface area contributed by atoms with Crippen molar-refractivity contribution in [2.75, 3.05) is 6.54 Å². The van der Waals surface area contributed by atoms with Gasteiger partial charge in [0.2, 0.25) is 0 Å². The molecule has 5 aromatic rings. The number of fused-ring (bicyclic) bond motifs is 2. The van der Waals surface area contributed by atoms with Crippen LogP contribution in [0.4, 0.5) is 13.2 Å². The molecule has 1 N–H and O–H groups in total. The quantitative estimate of drug-likeness (QED) is 0.397. The first-order chi connectivity index (χ1) is 17.4. The molecular weight excluding hydrogens is 483 g/mol. The highest BCUT2D eigenvalue weighted by Gasteiger charge is 2.39. The van der Waals surface area contributed by atoms with Gasteiger partial charge in [-0.25, -0.2) is 14.5 Å². The van der Waals surface area contributed by atoms with Crippen LogP contribution in [0.2, 0.25) is 0 Å². The fourth-order valence-electron chi connectivity index (χ4n) is 4.09. The number of amides is 1. The monoisotopic (exact) mass is 497 g/mol. The van der Waals surface area contributed by atoms with E-state index in [1.807, 2.05) is 0 Å². The second kappa shape index (κ2) is 8.14. The van der Waals surface area contributed by atoms with Gasteiger partial charge >= 0.3 is 18.2 Å². The van der Waals surface area contributed by atoms with Crippen molar-refractivity contribution in [1.29, 1.82) is 0 Å². The van der Waals surface area contributed by atoms with Crippen LogP contribution in [0.5, 0.6) is 5.75 Å². The van der Waals surface area contributed by atoms with E-state index < -0.39 is 24.1 Å². The molecule has 0 unspecified atom stereocenters. The Morgan fingerprint density at radius 3 is 2.92 bits per heavy atom. The molecule has 1 aliphatic heterocycles. The molecule has 0 aromatic carbocycles. The van der Waals surface area contributed by atoms with Crippen LogP contribution in [-0.4, -0.2) is 63.5 Å². The molecule has 12 nitrogen and oxygen atoms in total. The number of rotatable bonds is 4. The van der Waals surface area contributed by atoms with Gasteiger partial charge in [-0.3, -0.25) is 9.78 Å². The Balaban J connectivity index is 1.40. The van der Waals surface area contributed by atoms with Gasteiger partial charge in [0.05, 0.1) is 23.9 Å². The van der Waals surface area contributed by atoms with E-state index in [4.69, 9.17) is 4.42 Å². The van der Waals surface area contributed by atoms with Crippen molar-refractivity contribution < 1.29 is 27.1 Å². The zero-order valence-corrected chi connectivity index (χ0v) is 18.0. The first-order valence-electron chi connectivity index (χ1n) is 10.5. The van der Waals surface area contributed by atoms with Crippen LogP contribution in [0.3, 0.4) is 0 Å². The second-order valence-electron chi connectivity index (χ2n) is 7.74. The van der Waals surface area contributed by atoms with Gasteiger partial charge in [0.25, 0.3) is 5.89 Å². The summed E-state index contributed by atoms with van der Waals surface area (Å²) in [5.74, 6) is -1.29. The summed E-state index contributed by atoms with van der Waals surface area (Å²) in [6.45, 7) is 0.237. The standard InChI is InChI=1S/C21H14F3N9O3/c22-21(23,24)36-15-2-1-6-33-14(15)8-12(31-33)17-16-11(27-10-28-16)3-7-32(17)20(34)19-30-29-18(35-19)13-9-25-4-5-26-13/h1-2,4-6,8-10,17H,3,7H2,(H,27,28)/t17-/m1/s1. The summed E-state index contributed by atoms with van der Waals surface area (Å²) in [5, 5.41) is 12.2. The number of aromatic amines is 1. The van der Waals surface area contributed by atoms with Crippen LogP contribution < -0.4 is 4.74 Å². The minimum atomic E-state index is -4.88. The number of nitrogens with zero attached hydrogens (tertiary/aromatic N) is 8. The number of hydrogen-bond acceptors (Lipinski definition) is 9. The van der Waals surface area contributed by atoms with Gasteiger partial charge in [-0.05, 0) is 18.2 Å². The molecular formula is C21H14F3N9O3. The van der Waals surface area contributed by atoms with Gasteiger partial charge in [-0.1, -0.05) is 0 Å². The molecule has 15 heteroatoms. The molecule has 1 atom stereocenters. The lowest BCUT2D eigenvalue weighted by atomic mass is 9.99. The van der Waals surface area contributed by atoms with E-state index in [2.05, 4.69) is 40.0 Å². The molecule has 1 amide bonds. The summed E-state index contributed by atoms with van der Waals surface area (Å²) >= 11 is 0. The maximum atomic E-state index is 13.5. The highest BCUT2D eigenvalue weighted by atomic mass is 19.4. The highest BCUT2D eigenvalue weighted by Crippen LogP contribution is 2.36. The second-order valence-corrected chi connectivity index (χ2v) is 7.74. The Bertz CT molecular complexity index is 1560. The van der Waals surface area contributed by atoms with E-state index in [-0.39, 0.29) is 29.5 Å². The summed E-state index contributed by atoms with van der Waals surface area (Å²) in [5.41, 5.74) is 1.93. The van der Waals surface area contributed by atoms with Crippen LogP contribution in [0.1, 0.15) is 33.8 Å². The van der Waals surface area contributed by atoms with Gasteiger partial charge in [0.1, 0.15) is 17.3 Å². The lowest BCUT2D eigenvalue weighted by Crippen LogP contribution is -2.41. The van der Waals surface area contributed by atoms with Crippen LogP contribution in [0, 0.1) is 0 Å². The number of hydrogen-bond donors (Lipinski definition) is 1. The number of alkyl halides is 3.